The minimum atomic E-state index is -0.370. The van der Waals surface area contributed by atoms with Gasteiger partial charge in [-0.05, 0) is 18.2 Å². The maximum atomic E-state index is 11.5. The third-order valence-electron chi connectivity index (χ3n) is 2.46. The summed E-state index contributed by atoms with van der Waals surface area (Å²) in [5.74, 6) is -0.505. The monoisotopic (exact) mass is 298 g/mol. The highest BCUT2D eigenvalue weighted by Gasteiger charge is 2.23. The SMILES string of the molecule is COC(=O)CN1CC(=O)Nc2ccc(Br)cc21. The Kier molecular flexibility index (Phi) is 3.33. The Morgan fingerprint density at radius 2 is 2.35 bits per heavy atom. The van der Waals surface area contributed by atoms with Crippen molar-refractivity contribution in [3.8, 4) is 0 Å². The van der Waals surface area contributed by atoms with Gasteiger partial charge in [-0.3, -0.25) is 9.59 Å². The molecule has 0 saturated carbocycles. The van der Waals surface area contributed by atoms with Crippen LogP contribution in [0.2, 0.25) is 0 Å². The molecule has 1 aromatic rings. The van der Waals surface area contributed by atoms with Crippen LogP contribution in [0.3, 0.4) is 0 Å². The van der Waals surface area contributed by atoms with Gasteiger partial charge in [-0.2, -0.15) is 0 Å². The number of esters is 1. The van der Waals surface area contributed by atoms with Gasteiger partial charge in [0.25, 0.3) is 0 Å². The van der Waals surface area contributed by atoms with Gasteiger partial charge in [-0.25, -0.2) is 0 Å². The van der Waals surface area contributed by atoms with E-state index in [-0.39, 0.29) is 25.0 Å². The Bertz CT molecular complexity index is 476. The van der Waals surface area contributed by atoms with Gasteiger partial charge in [0.1, 0.15) is 6.54 Å². The zero-order valence-corrected chi connectivity index (χ0v) is 10.8. The zero-order chi connectivity index (χ0) is 12.4. The summed E-state index contributed by atoms with van der Waals surface area (Å²) >= 11 is 3.36. The Balaban J connectivity index is 2.32. The molecule has 0 saturated heterocycles. The summed E-state index contributed by atoms with van der Waals surface area (Å²) in [7, 11) is 1.33. The number of hydrogen-bond acceptors (Lipinski definition) is 4. The molecule has 0 radical (unpaired) electrons. The van der Waals surface area contributed by atoms with Crippen LogP contribution in [0.1, 0.15) is 0 Å². The number of fused-ring (bicyclic) bond motifs is 1. The van der Waals surface area contributed by atoms with E-state index in [1.54, 1.807) is 11.0 Å². The molecule has 1 heterocycles. The maximum Gasteiger partial charge on any atom is 0.325 e. The van der Waals surface area contributed by atoms with Crippen LogP contribution in [0.25, 0.3) is 0 Å². The van der Waals surface area contributed by atoms with E-state index in [0.29, 0.717) is 5.69 Å². The van der Waals surface area contributed by atoms with E-state index in [2.05, 4.69) is 26.0 Å². The second-order valence-electron chi connectivity index (χ2n) is 3.64. The Morgan fingerprint density at radius 1 is 1.59 bits per heavy atom. The lowest BCUT2D eigenvalue weighted by Gasteiger charge is -2.30. The van der Waals surface area contributed by atoms with Crippen LogP contribution in [0, 0.1) is 0 Å². The van der Waals surface area contributed by atoms with E-state index in [9.17, 15) is 9.59 Å². The van der Waals surface area contributed by atoms with Gasteiger partial charge >= 0.3 is 5.97 Å². The summed E-state index contributed by atoms with van der Waals surface area (Å²) in [5, 5.41) is 2.75. The van der Waals surface area contributed by atoms with Crippen molar-refractivity contribution < 1.29 is 14.3 Å². The molecule has 1 aliphatic rings. The van der Waals surface area contributed by atoms with E-state index < -0.39 is 0 Å². The zero-order valence-electron chi connectivity index (χ0n) is 9.20. The average molecular weight is 299 g/mol. The fourth-order valence-corrected chi connectivity index (χ4v) is 2.03. The molecule has 17 heavy (non-hydrogen) atoms. The van der Waals surface area contributed by atoms with Gasteiger partial charge in [0.15, 0.2) is 0 Å². The largest absolute Gasteiger partial charge is 0.468 e. The quantitative estimate of drug-likeness (QED) is 0.838. The number of hydrogen-bond donors (Lipinski definition) is 1. The van der Waals surface area contributed by atoms with Gasteiger partial charge < -0.3 is 15.0 Å². The van der Waals surface area contributed by atoms with Gasteiger partial charge in [0.2, 0.25) is 5.91 Å². The van der Waals surface area contributed by atoms with E-state index >= 15 is 0 Å². The molecule has 0 fully saturated rings. The molecule has 0 aromatic heterocycles. The van der Waals surface area contributed by atoms with Gasteiger partial charge in [0, 0.05) is 4.47 Å². The summed E-state index contributed by atoms with van der Waals surface area (Å²) in [5.41, 5.74) is 1.51. The van der Waals surface area contributed by atoms with Crippen molar-refractivity contribution in [2.24, 2.45) is 0 Å². The number of ether oxygens (including phenoxy) is 1. The number of anilines is 2. The van der Waals surface area contributed by atoms with E-state index in [4.69, 9.17) is 0 Å². The molecule has 0 unspecified atom stereocenters. The van der Waals surface area contributed by atoms with Gasteiger partial charge in [-0.15, -0.1) is 0 Å². The molecule has 0 bridgehead atoms. The number of carbonyl (C=O) groups excluding carboxylic acids is 2. The Labute approximate surface area is 107 Å². The molecule has 5 nitrogen and oxygen atoms in total. The third kappa shape index (κ3) is 2.58. The number of nitrogens with zero attached hydrogens (tertiary/aromatic N) is 1. The molecule has 1 amide bonds. The number of methoxy groups -OCH3 is 1. The second kappa shape index (κ2) is 4.75. The predicted molar refractivity (Wildman–Crippen MR) is 67.0 cm³/mol. The summed E-state index contributed by atoms with van der Waals surface area (Å²) in [6.07, 6.45) is 0. The number of amides is 1. The summed E-state index contributed by atoms with van der Waals surface area (Å²) < 4.78 is 5.50. The van der Waals surface area contributed by atoms with Crippen molar-refractivity contribution >= 4 is 39.2 Å². The summed E-state index contributed by atoms with van der Waals surface area (Å²) in [4.78, 5) is 24.4. The van der Waals surface area contributed by atoms with Crippen LogP contribution < -0.4 is 10.2 Å². The van der Waals surface area contributed by atoms with Crippen LogP contribution in [0.4, 0.5) is 11.4 Å². The molecular weight excluding hydrogens is 288 g/mol. The van der Waals surface area contributed by atoms with Crippen molar-refractivity contribution in [2.45, 2.75) is 0 Å². The van der Waals surface area contributed by atoms with Crippen LogP contribution >= 0.6 is 15.9 Å². The molecule has 1 N–H and O–H groups in total. The van der Waals surface area contributed by atoms with Gasteiger partial charge in [0.05, 0.1) is 25.0 Å². The number of benzene rings is 1. The van der Waals surface area contributed by atoms with E-state index in [0.717, 1.165) is 10.2 Å². The average Bonchev–Trinajstić information content (AvgIpc) is 2.29. The van der Waals surface area contributed by atoms with E-state index in [1.807, 2.05) is 12.1 Å². The standard InChI is InChI=1S/C11H11BrN2O3/c1-17-11(16)6-14-5-10(15)13-8-3-2-7(12)4-9(8)14/h2-4H,5-6H2,1H3,(H,13,15). The van der Waals surface area contributed by atoms with Crippen molar-refractivity contribution in [2.75, 3.05) is 30.4 Å². The number of carbonyl (C=O) groups is 2. The van der Waals surface area contributed by atoms with Crippen molar-refractivity contribution in [3.05, 3.63) is 22.7 Å². The predicted octanol–water partition coefficient (Wildman–Crippen LogP) is 1.38. The highest BCUT2D eigenvalue weighted by atomic mass is 79.9. The van der Waals surface area contributed by atoms with Crippen LogP contribution in [-0.2, 0) is 14.3 Å². The fraction of sp³-hybridized carbons (Fsp3) is 0.273. The van der Waals surface area contributed by atoms with E-state index in [1.165, 1.54) is 7.11 Å². The minimum absolute atomic E-state index is 0.0629. The first-order valence-electron chi connectivity index (χ1n) is 5.01. The third-order valence-corrected chi connectivity index (χ3v) is 2.95. The van der Waals surface area contributed by atoms with Crippen molar-refractivity contribution in [1.29, 1.82) is 0 Å². The first kappa shape index (κ1) is 11.9. The molecule has 90 valence electrons. The van der Waals surface area contributed by atoms with Crippen LogP contribution in [-0.4, -0.2) is 32.1 Å². The van der Waals surface area contributed by atoms with Crippen LogP contribution in [0.15, 0.2) is 22.7 Å². The summed E-state index contributed by atoms with van der Waals surface area (Å²) in [6, 6.07) is 5.49. The molecule has 1 aliphatic heterocycles. The topological polar surface area (TPSA) is 58.6 Å². The lowest BCUT2D eigenvalue weighted by atomic mass is 10.2. The molecule has 2 rings (SSSR count). The molecule has 6 heteroatoms. The van der Waals surface area contributed by atoms with Crippen LogP contribution in [0.5, 0.6) is 0 Å². The first-order chi connectivity index (χ1) is 8.10. The fourth-order valence-electron chi connectivity index (χ4n) is 1.68. The van der Waals surface area contributed by atoms with Gasteiger partial charge in [-0.1, -0.05) is 15.9 Å². The normalized spacial score (nSPS) is 14.0. The molecule has 0 aliphatic carbocycles. The molecule has 0 atom stereocenters. The smallest absolute Gasteiger partial charge is 0.325 e. The highest BCUT2D eigenvalue weighted by Crippen LogP contribution is 2.31. The second-order valence-corrected chi connectivity index (χ2v) is 4.56. The number of halogens is 1. The molecule has 0 spiro atoms. The minimum Gasteiger partial charge on any atom is -0.468 e. The molecular formula is C11H11BrN2O3. The maximum absolute atomic E-state index is 11.5. The lowest BCUT2D eigenvalue weighted by Crippen LogP contribution is -2.41. The Hall–Kier alpha value is -1.56. The lowest BCUT2D eigenvalue weighted by molar-refractivity contribution is -0.138. The molecule has 1 aromatic carbocycles. The highest BCUT2D eigenvalue weighted by molar-refractivity contribution is 9.10. The Morgan fingerprint density at radius 3 is 3.06 bits per heavy atom. The number of rotatable bonds is 2. The first-order valence-corrected chi connectivity index (χ1v) is 5.80. The number of nitrogens with one attached hydrogen (secondary N) is 1. The summed E-state index contributed by atoms with van der Waals surface area (Å²) in [6.45, 7) is 0.214. The van der Waals surface area contributed by atoms with Crippen molar-refractivity contribution in [1.82, 2.24) is 0 Å². The van der Waals surface area contributed by atoms with Crippen molar-refractivity contribution in [3.63, 3.8) is 0 Å².